The van der Waals surface area contributed by atoms with Crippen LogP contribution in [0.1, 0.15) is 67.1 Å². The maximum Gasteiger partial charge on any atom is 0.270 e. The summed E-state index contributed by atoms with van der Waals surface area (Å²) in [6, 6.07) is 17.7. The molecule has 1 saturated carbocycles. The summed E-state index contributed by atoms with van der Waals surface area (Å²) in [6.07, 6.45) is 7.83. The molecule has 0 bridgehead atoms. The second-order valence-corrected chi connectivity index (χ2v) is 12.6. The number of hydrogen-bond acceptors (Lipinski definition) is 6. The molecule has 0 unspecified atom stereocenters. The maximum atomic E-state index is 14.0. The smallest absolute Gasteiger partial charge is 0.270 e. The van der Waals surface area contributed by atoms with Crippen LogP contribution < -0.4 is 21.3 Å². The van der Waals surface area contributed by atoms with Crippen LogP contribution in [0.25, 0.3) is 0 Å². The number of aromatic nitrogens is 2. The van der Waals surface area contributed by atoms with Crippen LogP contribution in [0.5, 0.6) is 0 Å². The molecule has 5 rings (SSSR count). The maximum absolute atomic E-state index is 14.0. The molecule has 11 heteroatoms. The number of carbonyl (C=O) groups excluding carboxylic acids is 4. The lowest BCUT2D eigenvalue weighted by atomic mass is 9.83. The van der Waals surface area contributed by atoms with E-state index >= 15 is 0 Å². The number of hydrogen-bond donors (Lipinski definition) is 4. The highest BCUT2D eigenvalue weighted by atomic mass is 16.2. The number of nitrogens with one attached hydrogen (secondary N) is 4. The molecule has 250 valence electrons. The average molecular weight is 642 g/mol. The van der Waals surface area contributed by atoms with E-state index in [0.717, 1.165) is 49.7 Å². The summed E-state index contributed by atoms with van der Waals surface area (Å²) in [4.78, 5) is 55.1. The fourth-order valence-electron chi connectivity index (χ4n) is 6.67. The van der Waals surface area contributed by atoms with Crippen LogP contribution in [0, 0.1) is 5.92 Å². The molecule has 1 saturated heterocycles. The number of rotatable bonds is 12. The molecule has 2 aromatic carbocycles. The Morgan fingerprint density at radius 2 is 1.68 bits per heavy atom. The van der Waals surface area contributed by atoms with E-state index < -0.39 is 12.1 Å². The Hall–Kier alpha value is -4.51. The molecule has 0 spiro atoms. The second-order valence-electron chi connectivity index (χ2n) is 12.6. The lowest BCUT2D eigenvalue weighted by Crippen LogP contribution is -2.59. The van der Waals surface area contributed by atoms with E-state index in [2.05, 4.69) is 38.5 Å². The van der Waals surface area contributed by atoms with E-state index in [1.165, 1.54) is 4.68 Å². The molecular weight excluding hydrogens is 594 g/mol. The molecule has 1 aromatic heterocycles. The van der Waals surface area contributed by atoms with Gasteiger partial charge in [0.25, 0.3) is 5.91 Å². The molecule has 4 amide bonds. The van der Waals surface area contributed by atoms with Gasteiger partial charge in [-0.15, -0.1) is 0 Å². The first-order valence-electron chi connectivity index (χ1n) is 16.9. The van der Waals surface area contributed by atoms with Crippen molar-refractivity contribution in [3.05, 3.63) is 83.7 Å². The van der Waals surface area contributed by atoms with Gasteiger partial charge >= 0.3 is 0 Å². The fraction of sp³-hybridized carbons (Fsp3) is 0.472. The van der Waals surface area contributed by atoms with Crippen LogP contribution in [-0.2, 0) is 34.3 Å². The van der Waals surface area contributed by atoms with E-state index in [1.807, 2.05) is 35.2 Å². The van der Waals surface area contributed by atoms with Gasteiger partial charge in [0.1, 0.15) is 17.8 Å². The Morgan fingerprint density at radius 1 is 0.936 bits per heavy atom. The number of piperazine rings is 1. The van der Waals surface area contributed by atoms with Gasteiger partial charge in [0.2, 0.25) is 17.7 Å². The predicted octanol–water partition coefficient (Wildman–Crippen LogP) is 3.22. The van der Waals surface area contributed by atoms with Gasteiger partial charge in [-0.2, -0.15) is 5.10 Å². The summed E-state index contributed by atoms with van der Waals surface area (Å²) in [6.45, 7) is 3.73. The van der Waals surface area contributed by atoms with Gasteiger partial charge in [-0.1, -0.05) is 68.7 Å². The van der Waals surface area contributed by atoms with Gasteiger partial charge in [0.05, 0.1) is 0 Å². The summed E-state index contributed by atoms with van der Waals surface area (Å²) in [5.41, 5.74) is 3.02. The Bertz CT molecular complexity index is 1500. The minimum Gasteiger partial charge on any atom is -0.344 e. The molecule has 4 N–H and O–H groups in total. The highest BCUT2D eigenvalue weighted by Gasteiger charge is 2.34. The SMILES string of the molecule is CCC(=O)N[C@H](Cc1ccc(NC(=O)[C@@H](NC(=O)c2ccnn2C)C2CCCCC2)cc1)C(=O)N1CCNC[C@@H]1Cc1ccccc1. The third-order valence-electron chi connectivity index (χ3n) is 9.31. The van der Waals surface area contributed by atoms with Crippen LogP contribution in [0.4, 0.5) is 5.69 Å². The van der Waals surface area contributed by atoms with Crippen LogP contribution in [-0.4, -0.2) is 76.1 Å². The fourth-order valence-corrected chi connectivity index (χ4v) is 6.67. The summed E-state index contributed by atoms with van der Waals surface area (Å²) in [5, 5.41) is 16.4. The topological polar surface area (TPSA) is 137 Å². The molecule has 2 heterocycles. The van der Waals surface area contributed by atoms with Crippen LogP contribution in [0.15, 0.2) is 66.9 Å². The number of aryl methyl sites for hydroxylation is 1. The van der Waals surface area contributed by atoms with Crippen molar-refractivity contribution in [2.24, 2.45) is 13.0 Å². The number of amides is 4. The zero-order valence-corrected chi connectivity index (χ0v) is 27.4. The minimum absolute atomic E-state index is 0.0206. The Balaban J connectivity index is 1.26. The lowest BCUT2D eigenvalue weighted by molar-refractivity contribution is -0.139. The third kappa shape index (κ3) is 9.06. The van der Waals surface area contributed by atoms with Crippen LogP contribution >= 0.6 is 0 Å². The molecule has 3 atom stereocenters. The molecule has 1 aliphatic carbocycles. The highest BCUT2D eigenvalue weighted by molar-refractivity contribution is 6.00. The van der Waals surface area contributed by atoms with Crippen molar-refractivity contribution in [3.8, 4) is 0 Å². The number of benzene rings is 2. The van der Waals surface area contributed by atoms with E-state index in [4.69, 9.17) is 0 Å². The van der Waals surface area contributed by atoms with Crippen LogP contribution in [0.3, 0.4) is 0 Å². The molecule has 2 aliphatic rings. The zero-order chi connectivity index (χ0) is 33.2. The van der Waals surface area contributed by atoms with Crippen molar-refractivity contribution >= 4 is 29.3 Å². The van der Waals surface area contributed by atoms with Crippen molar-refractivity contribution in [1.82, 2.24) is 30.6 Å². The van der Waals surface area contributed by atoms with E-state index in [-0.39, 0.29) is 42.0 Å². The minimum atomic E-state index is -0.711. The van der Waals surface area contributed by atoms with Crippen molar-refractivity contribution in [1.29, 1.82) is 0 Å². The summed E-state index contributed by atoms with van der Waals surface area (Å²) >= 11 is 0. The first-order chi connectivity index (χ1) is 22.8. The van der Waals surface area contributed by atoms with Crippen LogP contribution in [0.2, 0.25) is 0 Å². The zero-order valence-electron chi connectivity index (χ0n) is 27.4. The van der Waals surface area contributed by atoms with Gasteiger partial charge in [-0.25, -0.2) is 0 Å². The van der Waals surface area contributed by atoms with Gasteiger partial charge in [0, 0.05) is 57.4 Å². The van der Waals surface area contributed by atoms with E-state index in [0.29, 0.717) is 37.4 Å². The summed E-state index contributed by atoms with van der Waals surface area (Å²) in [7, 11) is 1.70. The quantitative estimate of drug-likeness (QED) is 0.240. The predicted molar refractivity (Wildman–Crippen MR) is 181 cm³/mol. The third-order valence-corrected chi connectivity index (χ3v) is 9.31. The summed E-state index contributed by atoms with van der Waals surface area (Å²) in [5.74, 6) is -0.808. The first kappa shape index (κ1) is 33.8. The molecule has 1 aliphatic heterocycles. The highest BCUT2D eigenvalue weighted by Crippen LogP contribution is 2.28. The first-order valence-corrected chi connectivity index (χ1v) is 16.9. The van der Waals surface area contributed by atoms with Crippen molar-refractivity contribution in [2.45, 2.75) is 76.4 Å². The molecular formula is C36H47N7O4. The number of nitrogens with zero attached hydrogens (tertiary/aromatic N) is 3. The lowest BCUT2D eigenvalue weighted by Gasteiger charge is -2.38. The molecule has 47 heavy (non-hydrogen) atoms. The van der Waals surface area contributed by atoms with Crippen molar-refractivity contribution in [3.63, 3.8) is 0 Å². The Kier molecular flexibility index (Phi) is 11.8. The Morgan fingerprint density at radius 3 is 2.36 bits per heavy atom. The largest absolute Gasteiger partial charge is 0.344 e. The second kappa shape index (κ2) is 16.4. The molecule has 2 fully saturated rings. The molecule has 0 radical (unpaired) electrons. The standard InChI is InChI=1S/C36H47N7O4/c1-3-32(44)40-30(36(47)43-21-20-37-24-29(43)22-25-10-6-4-7-11-25)23-26-14-16-28(17-15-26)39-35(46)33(27-12-8-5-9-13-27)41-34(45)31-18-19-38-42(31)2/h4,6-7,10-11,14-19,27,29-30,33,37H,3,5,8-9,12-13,20-24H2,1-2H3,(H,39,46)(H,40,44)(H,41,45)/t29-,30+,33-/m0/s1. The van der Waals surface area contributed by atoms with Gasteiger partial charge in [-0.05, 0) is 54.5 Å². The summed E-state index contributed by atoms with van der Waals surface area (Å²) < 4.78 is 1.50. The van der Waals surface area contributed by atoms with Gasteiger partial charge < -0.3 is 26.2 Å². The van der Waals surface area contributed by atoms with E-state index in [9.17, 15) is 19.2 Å². The van der Waals surface area contributed by atoms with Gasteiger partial charge in [-0.3, -0.25) is 23.9 Å². The normalized spacial score (nSPS) is 18.2. The Labute approximate surface area is 276 Å². The van der Waals surface area contributed by atoms with Gasteiger partial charge in [0.15, 0.2) is 0 Å². The molecule has 3 aromatic rings. The average Bonchev–Trinajstić information content (AvgIpc) is 3.54. The monoisotopic (exact) mass is 641 g/mol. The number of carbonyl (C=O) groups is 4. The van der Waals surface area contributed by atoms with E-state index in [1.54, 1.807) is 38.4 Å². The number of anilines is 1. The van der Waals surface area contributed by atoms with Crippen molar-refractivity contribution < 1.29 is 19.2 Å². The van der Waals surface area contributed by atoms with Crippen molar-refractivity contribution in [2.75, 3.05) is 25.0 Å². The molecule has 11 nitrogen and oxygen atoms in total.